The Morgan fingerprint density at radius 1 is 1.67 bits per heavy atom. The number of nitrogens with one attached hydrogen (secondary N) is 1. The highest BCUT2D eigenvalue weighted by molar-refractivity contribution is 7.90. The van der Waals surface area contributed by atoms with Gasteiger partial charge in [-0.25, -0.2) is 8.42 Å². The second-order valence-electron chi connectivity index (χ2n) is 2.25. The number of hydrogen-bond donors (Lipinski definition) is 2. The maximum Gasteiger partial charge on any atom is 0.269 e. The zero-order chi connectivity index (χ0) is 9.35. The number of carbonyl (C=O) groups excluding carboxylic acids is 1. The van der Waals surface area contributed by atoms with Crippen LogP contribution in [0.2, 0.25) is 0 Å². The highest BCUT2D eigenvalue weighted by Gasteiger charge is 2.13. The summed E-state index contributed by atoms with van der Waals surface area (Å²) in [5.74, 6) is -0.763. The van der Waals surface area contributed by atoms with E-state index in [-0.39, 0.29) is 10.7 Å². The number of primary amides is 1. The quantitative estimate of drug-likeness (QED) is 0.616. The minimum absolute atomic E-state index is 0.0876. The lowest BCUT2D eigenvalue weighted by atomic mass is 10.4. The Morgan fingerprint density at radius 2 is 2.25 bits per heavy atom. The predicted molar refractivity (Wildman–Crippen MR) is 40.2 cm³/mol. The topological polar surface area (TPSA) is 106 Å². The molecule has 1 amide bonds. The number of rotatable bonds is 2. The van der Waals surface area contributed by atoms with Gasteiger partial charge in [-0.3, -0.25) is 9.89 Å². The fraction of sp³-hybridized carbons (Fsp3) is 0.200. The summed E-state index contributed by atoms with van der Waals surface area (Å²) >= 11 is 0. The molecular weight excluding hydrogens is 182 g/mol. The summed E-state index contributed by atoms with van der Waals surface area (Å²) in [5, 5.41) is 5.48. The second-order valence-corrected chi connectivity index (χ2v) is 4.24. The largest absolute Gasteiger partial charge is 0.364 e. The molecule has 0 atom stereocenters. The number of nitrogens with zero attached hydrogens (tertiary/aromatic N) is 1. The molecule has 0 spiro atoms. The van der Waals surface area contributed by atoms with Crippen LogP contribution in [0.4, 0.5) is 0 Å². The van der Waals surface area contributed by atoms with E-state index in [2.05, 4.69) is 10.2 Å². The highest BCUT2D eigenvalue weighted by atomic mass is 32.2. The van der Waals surface area contributed by atoms with Gasteiger partial charge in [0.15, 0.2) is 20.6 Å². The minimum Gasteiger partial charge on any atom is -0.364 e. The summed E-state index contributed by atoms with van der Waals surface area (Å²) in [7, 11) is -3.34. The number of amides is 1. The lowest BCUT2D eigenvalue weighted by Crippen LogP contribution is -2.11. The van der Waals surface area contributed by atoms with E-state index in [1.165, 1.54) is 0 Å². The average molecular weight is 189 g/mol. The van der Waals surface area contributed by atoms with Crippen LogP contribution in [0.15, 0.2) is 11.1 Å². The summed E-state index contributed by atoms with van der Waals surface area (Å²) in [6.45, 7) is 0. The van der Waals surface area contributed by atoms with Gasteiger partial charge in [-0.1, -0.05) is 0 Å². The Kier molecular flexibility index (Phi) is 1.89. The normalized spacial score (nSPS) is 11.4. The molecule has 0 aromatic carbocycles. The summed E-state index contributed by atoms with van der Waals surface area (Å²) in [6.07, 6.45) is 1.01. The van der Waals surface area contributed by atoms with E-state index in [4.69, 9.17) is 5.73 Å². The molecule has 0 saturated heterocycles. The van der Waals surface area contributed by atoms with Gasteiger partial charge in [0.2, 0.25) is 0 Å². The first-order valence-electron chi connectivity index (χ1n) is 2.96. The first-order chi connectivity index (χ1) is 5.41. The van der Waals surface area contributed by atoms with Crippen molar-refractivity contribution in [1.82, 2.24) is 10.2 Å². The number of nitrogens with two attached hydrogens (primary N) is 1. The van der Waals surface area contributed by atoms with Crippen molar-refractivity contribution in [3.05, 3.63) is 11.8 Å². The van der Waals surface area contributed by atoms with Crippen molar-refractivity contribution in [2.45, 2.75) is 5.03 Å². The van der Waals surface area contributed by atoms with Crippen LogP contribution in [0.25, 0.3) is 0 Å². The van der Waals surface area contributed by atoms with Gasteiger partial charge in [-0.2, -0.15) is 5.10 Å². The van der Waals surface area contributed by atoms with Crippen LogP contribution in [-0.2, 0) is 9.84 Å². The highest BCUT2D eigenvalue weighted by Crippen LogP contribution is 2.05. The summed E-state index contributed by atoms with van der Waals surface area (Å²) in [4.78, 5) is 10.5. The van der Waals surface area contributed by atoms with Crippen LogP contribution in [0.1, 0.15) is 10.5 Å². The molecule has 12 heavy (non-hydrogen) atoms. The smallest absolute Gasteiger partial charge is 0.269 e. The van der Waals surface area contributed by atoms with Crippen molar-refractivity contribution in [2.75, 3.05) is 6.26 Å². The van der Waals surface area contributed by atoms with Crippen molar-refractivity contribution in [3.8, 4) is 0 Å². The number of H-pyrrole nitrogens is 1. The summed E-state index contributed by atoms with van der Waals surface area (Å²) < 4.78 is 21.7. The van der Waals surface area contributed by atoms with E-state index in [0.717, 1.165) is 12.3 Å². The van der Waals surface area contributed by atoms with Gasteiger partial charge in [0.05, 0.1) is 0 Å². The molecule has 0 aliphatic heterocycles. The number of aromatic amines is 1. The van der Waals surface area contributed by atoms with Crippen LogP contribution in [0.5, 0.6) is 0 Å². The molecule has 0 fully saturated rings. The molecule has 1 aromatic heterocycles. The van der Waals surface area contributed by atoms with Gasteiger partial charge >= 0.3 is 0 Å². The van der Waals surface area contributed by atoms with Gasteiger partial charge in [0.1, 0.15) is 0 Å². The lowest BCUT2D eigenvalue weighted by molar-refractivity contribution is 0.0995. The number of aromatic nitrogens is 2. The first kappa shape index (κ1) is 8.72. The molecular formula is C5H7N3O3S. The van der Waals surface area contributed by atoms with Gasteiger partial charge in [0.25, 0.3) is 5.91 Å². The van der Waals surface area contributed by atoms with E-state index < -0.39 is 15.7 Å². The van der Waals surface area contributed by atoms with Crippen LogP contribution in [0, 0.1) is 0 Å². The molecule has 0 unspecified atom stereocenters. The zero-order valence-electron chi connectivity index (χ0n) is 6.23. The number of hydrogen-bond acceptors (Lipinski definition) is 4. The van der Waals surface area contributed by atoms with E-state index in [0.29, 0.717) is 0 Å². The van der Waals surface area contributed by atoms with Gasteiger partial charge in [-0.05, 0) is 0 Å². The van der Waals surface area contributed by atoms with Gasteiger partial charge < -0.3 is 5.73 Å². The molecule has 3 N–H and O–H groups in total. The Balaban J connectivity index is 3.17. The lowest BCUT2D eigenvalue weighted by Gasteiger charge is -1.86. The number of carbonyl (C=O) groups is 1. The molecule has 0 aliphatic rings. The maximum atomic E-state index is 10.8. The van der Waals surface area contributed by atoms with Gasteiger partial charge in [0, 0.05) is 12.3 Å². The van der Waals surface area contributed by atoms with Crippen LogP contribution >= 0.6 is 0 Å². The summed E-state index contributed by atoms with van der Waals surface area (Å²) in [5.41, 5.74) is 4.77. The van der Waals surface area contributed by atoms with Gasteiger partial charge in [-0.15, -0.1) is 0 Å². The molecule has 0 aliphatic carbocycles. The molecule has 1 aromatic rings. The fourth-order valence-electron chi connectivity index (χ4n) is 0.620. The fourth-order valence-corrected chi connectivity index (χ4v) is 1.16. The average Bonchev–Trinajstić information content (AvgIpc) is 2.30. The molecule has 1 rings (SSSR count). The first-order valence-corrected chi connectivity index (χ1v) is 4.85. The molecule has 6 nitrogen and oxygen atoms in total. The third-order valence-corrected chi connectivity index (χ3v) is 2.21. The van der Waals surface area contributed by atoms with E-state index in [9.17, 15) is 13.2 Å². The standard InChI is InChI=1S/C5H7N3O3S/c1-12(10,11)4-2-3(5(6)9)7-8-4/h2H,1H3,(H2,6,9)(H,7,8). The Morgan fingerprint density at radius 3 is 2.50 bits per heavy atom. The van der Waals surface area contributed by atoms with Crippen molar-refractivity contribution < 1.29 is 13.2 Å². The molecule has 0 saturated carbocycles. The number of sulfone groups is 1. The van der Waals surface area contributed by atoms with Crippen LogP contribution < -0.4 is 5.73 Å². The molecule has 0 radical (unpaired) electrons. The Hall–Kier alpha value is -1.37. The van der Waals surface area contributed by atoms with Crippen molar-refractivity contribution in [2.24, 2.45) is 5.73 Å². The Bertz CT molecular complexity index is 405. The Labute approximate surface area is 68.7 Å². The third-order valence-electron chi connectivity index (χ3n) is 1.21. The molecule has 1 heterocycles. The third kappa shape index (κ3) is 1.62. The van der Waals surface area contributed by atoms with Crippen molar-refractivity contribution in [3.63, 3.8) is 0 Å². The predicted octanol–water partition coefficient (Wildman–Crippen LogP) is -1.09. The molecule has 0 bridgehead atoms. The van der Waals surface area contributed by atoms with Crippen molar-refractivity contribution in [1.29, 1.82) is 0 Å². The summed E-state index contributed by atoms with van der Waals surface area (Å²) in [6, 6.07) is 1.09. The van der Waals surface area contributed by atoms with E-state index >= 15 is 0 Å². The second kappa shape index (κ2) is 2.59. The molecule has 66 valence electrons. The minimum atomic E-state index is -3.34. The monoisotopic (exact) mass is 189 g/mol. The van der Waals surface area contributed by atoms with E-state index in [1.807, 2.05) is 0 Å². The van der Waals surface area contributed by atoms with Crippen molar-refractivity contribution >= 4 is 15.7 Å². The van der Waals surface area contributed by atoms with Crippen LogP contribution in [-0.4, -0.2) is 30.8 Å². The molecule has 7 heteroatoms. The SMILES string of the molecule is CS(=O)(=O)c1cc(C(N)=O)n[nH]1. The van der Waals surface area contributed by atoms with Crippen LogP contribution in [0.3, 0.4) is 0 Å². The maximum absolute atomic E-state index is 10.8. The zero-order valence-corrected chi connectivity index (χ0v) is 7.05. The van der Waals surface area contributed by atoms with E-state index in [1.54, 1.807) is 0 Å².